The normalized spacial score (nSPS) is 11.9. The van der Waals surface area contributed by atoms with Gasteiger partial charge in [-0.2, -0.15) is 21.6 Å². The SMILES string of the molecule is C#Cc1cc(OS(=O)(=O)C(F)(F)F)ccn1. The minimum atomic E-state index is -5.67. The Bertz CT molecular complexity index is 530. The molecule has 0 amide bonds. The van der Waals surface area contributed by atoms with Crippen LogP contribution in [0.5, 0.6) is 5.75 Å². The number of aromatic nitrogens is 1. The van der Waals surface area contributed by atoms with E-state index in [0.29, 0.717) is 0 Å². The molecule has 0 unspecified atom stereocenters. The lowest BCUT2D eigenvalue weighted by atomic mass is 10.3. The molecule has 8 heteroatoms. The van der Waals surface area contributed by atoms with Crippen LogP contribution in [0.15, 0.2) is 18.3 Å². The van der Waals surface area contributed by atoms with Gasteiger partial charge >= 0.3 is 15.6 Å². The van der Waals surface area contributed by atoms with Crippen molar-refractivity contribution in [3.63, 3.8) is 0 Å². The molecule has 0 bridgehead atoms. The molecular weight excluding hydrogens is 247 g/mol. The van der Waals surface area contributed by atoms with Crippen LogP contribution in [0, 0.1) is 12.3 Å². The van der Waals surface area contributed by atoms with Crippen molar-refractivity contribution in [2.75, 3.05) is 0 Å². The zero-order valence-corrected chi connectivity index (χ0v) is 8.34. The summed E-state index contributed by atoms with van der Waals surface area (Å²) in [6.07, 6.45) is 5.97. The molecule has 0 spiro atoms. The first-order chi connectivity index (χ1) is 7.26. The zero-order valence-electron chi connectivity index (χ0n) is 7.52. The van der Waals surface area contributed by atoms with E-state index in [0.717, 1.165) is 18.3 Å². The largest absolute Gasteiger partial charge is 0.534 e. The Morgan fingerprint density at radius 3 is 2.56 bits per heavy atom. The second-order valence-corrected chi connectivity index (χ2v) is 4.04. The monoisotopic (exact) mass is 251 g/mol. The van der Waals surface area contributed by atoms with Crippen LogP contribution >= 0.6 is 0 Å². The number of alkyl halides is 3. The molecule has 0 aliphatic rings. The molecule has 0 radical (unpaired) electrons. The number of halogens is 3. The minimum absolute atomic E-state index is 0.0325. The van der Waals surface area contributed by atoms with Crippen LogP contribution in [0.4, 0.5) is 13.2 Å². The first-order valence-electron chi connectivity index (χ1n) is 3.70. The van der Waals surface area contributed by atoms with Gasteiger partial charge in [0, 0.05) is 18.3 Å². The maximum atomic E-state index is 11.9. The number of hydrogen-bond acceptors (Lipinski definition) is 4. The quantitative estimate of drug-likeness (QED) is 0.451. The maximum Gasteiger partial charge on any atom is 0.534 e. The van der Waals surface area contributed by atoms with Gasteiger partial charge in [-0.05, 0) is 0 Å². The number of hydrogen-bond donors (Lipinski definition) is 0. The third kappa shape index (κ3) is 2.64. The number of nitrogens with zero attached hydrogens (tertiary/aromatic N) is 1. The van der Waals surface area contributed by atoms with Crippen LogP contribution in [0.3, 0.4) is 0 Å². The highest BCUT2D eigenvalue weighted by Gasteiger charge is 2.48. The van der Waals surface area contributed by atoms with E-state index >= 15 is 0 Å². The van der Waals surface area contributed by atoms with E-state index in [1.807, 2.05) is 5.92 Å². The average molecular weight is 251 g/mol. The van der Waals surface area contributed by atoms with Gasteiger partial charge < -0.3 is 4.18 Å². The van der Waals surface area contributed by atoms with Crippen LogP contribution < -0.4 is 4.18 Å². The second-order valence-electron chi connectivity index (χ2n) is 2.50. The van der Waals surface area contributed by atoms with E-state index < -0.39 is 21.4 Å². The molecule has 0 aliphatic heterocycles. The van der Waals surface area contributed by atoms with Crippen LogP contribution in [-0.4, -0.2) is 18.9 Å². The van der Waals surface area contributed by atoms with Crippen LogP contribution in [-0.2, 0) is 10.1 Å². The van der Waals surface area contributed by atoms with Crippen molar-refractivity contribution >= 4 is 10.1 Å². The maximum absolute atomic E-state index is 11.9. The molecule has 86 valence electrons. The third-order valence-corrected chi connectivity index (χ3v) is 2.35. The van der Waals surface area contributed by atoms with E-state index in [1.165, 1.54) is 0 Å². The van der Waals surface area contributed by atoms with Gasteiger partial charge in [0.2, 0.25) is 0 Å². The topological polar surface area (TPSA) is 56.3 Å². The van der Waals surface area contributed by atoms with Crippen molar-refractivity contribution in [3.05, 3.63) is 24.0 Å². The summed E-state index contributed by atoms with van der Waals surface area (Å²) >= 11 is 0. The van der Waals surface area contributed by atoms with Gasteiger partial charge in [-0.3, -0.25) is 0 Å². The summed E-state index contributed by atoms with van der Waals surface area (Å²) in [6, 6.07) is 1.85. The molecular formula is C8H4F3NO3S. The van der Waals surface area contributed by atoms with Gasteiger partial charge in [-0.1, -0.05) is 5.92 Å². The highest BCUT2D eigenvalue weighted by Crippen LogP contribution is 2.26. The first-order valence-corrected chi connectivity index (χ1v) is 5.10. The van der Waals surface area contributed by atoms with Crippen LogP contribution in [0.2, 0.25) is 0 Å². The summed E-state index contributed by atoms with van der Waals surface area (Å²) in [5.41, 5.74) is -5.51. The van der Waals surface area contributed by atoms with E-state index in [1.54, 1.807) is 0 Å². The lowest BCUT2D eigenvalue weighted by Crippen LogP contribution is -2.28. The lowest BCUT2D eigenvalue weighted by molar-refractivity contribution is -0.0500. The number of terminal acetylenes is 1. The second kappa shape index (κ2) is 4.02. The molecule has 0 atom stereocenters. The fraction of sp³-hybridized carbons (Fsp3) is 0.125. The summed E-state index contributed by atoms with van der Waals surface area (Å²) in [7, 11) is -5.67. The van der Waals surface area contributed by atoms with Crippen molar-refractivity contribution in [1.29, 1.82) is 0 Å². The van der Waals surface area contributed by atoms with Crippen molar-refractivity contribution in [3.8, 4) is 18.1 Å². The summed E-state index contributed by atoms with van der Waals surface area (Å²) in [6.45, 7) is 0. The molecule has 0 saturated carbocycles. The van der Waals surface area contributed by atoms with Crippen molar-refractivity contribution < 1.29 is 25.8 Å². The minimum Gasteiger partial charge on any atom is -0.376 e. The molecule has 1 aromatic rings. The average Bonchev–Trinajstić information content (AvgIpc) is 2.15. The van der Waals surface area contributed by atoms with Gasteiger partial charge in [-0.25, -0.2) is 4.98 Å². The molecule has 4 nitrogen and oxygen atoms in total. The summed E-state index contributed by atoms with van der Waals surface area (Å²) < 4.78 is 60.8. The smallest absolute Gasteiger partial charge is 0.376 e. The van der Waals surface area contributed by atoms with E-state index in [9.17, 15) is 21.6 Å². The first kappa shape index (κ1) is 12.3. The summed E-state index contributed by atoms with van der Waals surface area (Å²) in [5, 5.41) is 0. The molecule has 0 aliphatic carbocycles. The van der Waals surface area contributed by atoms with Crippen LogP contribution in [0.25, 0.3) is 0 Å². The van der Waals surface area contributed by atoms with Crippen molar-refractivity contribution in [1.82, 2.24) is 4.98 Å². The van der Waals surface area contributed by atoms with Crippen molar-refractivity contribution in [2.45, 2.75) is 5.51 Å². The molecule has 1 heterocycles. The predicted molar refractivity (Wildman–Crippen MR) is 47.8 cm³/mol. The highest BCUT2D eigenvalue weighted by atomic mass is 32.2. The van der Waals surface area contributed by atoms with Gasteiger partial charge in [-0.15, -0.1) is 6.42 Å². The fourth-order valence-electron chi connectivity index (χ4n) is 0.716. The zero-order chi connectivity index (χ0) is 12.4. The molecule has 0 fully saturated rings. The number of rotatable bonds is 2. The highest BCUT2D eigenvalue weighted by molar-refractivity contribution is 7.87. The van der Waals surface area contributed by atoms with Gasteiger partial charge in [0.05, 0.1) is 0 Å². The van der Waals surface area contributed by atoms with Gasteiger partial charge in [0.1, 0.15) is 11.4 Å². The predicted octanol–water partition coefficient (Wildman–Crippen LogP) is 1.29. The lowest BCUT2D eigenvalue weighted by Gasteiger charge is -2.08. The van der Waals surface area contributed by atoms with Crippen LogP contribution in [0.1, 0.15) is 5.69 Å². The summed E-state index contributed by atoms with van der Waals surface area (Å²) in [4.78, 5) is 3.56. The Morgan fingerprint density at radius 1 is 1.44 bits per heavy atom. The van der Waals surface area contributed by atoms with Gasteiger partial charge in [0.15, 0.2) is 0 Å². The Kier molecular flexibility index (Phi) is 3.09. The fourth-order valence-corrected chi connectivity index (χ4v) is 1.17. The standard InChI is InChI=1S/C8H4F3NO3S/c1-2-6-5-7(3-4-12-6)15-16(13,14)8(9,10)11/h1,3-5H. The Labute approximate surface area is 89.2 Å². The third-order valence-electron chi connectivity index (χ3n) is 1.37. The Balaban J connectivity index is 3.03. The van der Waals surface area contributed by atoms with E-state index in [4.69, 9.17) is 6.42 Å². The van der Waals surface area contributed by atoms with Crippen molar-refractivity contribution in [2.24, 2.45) is 0 Å². The van der Waals surface area contributed by atoms with E-state index in [2.05, 4.69) is 9.17 Å². The molecule has 0 aromatic carbocycles. The molecule has 1 rings (SSSR count). The molecule has 0 N–H and O–H groups in total. The number of pyridine rings is 1. The summed E-state index contributed by atoms with van der Waals surface area (Å²) in [5.74, 6) is 1.48. The molecule has 1 aromatic heterocycles. The molecule has 0 saturated heterocycles. The van der Waals surface area contributed by atoms with E-state index in [-0.39, 0.29) is 5.69 Å². The Morgan fingerprint density at radius 2 is 2.06 bits per heavy atom. The van der Waals surface area contributed by atoms with Gasteiger partial charge in [0.25, 0.3) is 0 Å². The molecule has 16 heavy (non-hydrogen) atoms. The Hall–Kier alpha value is -1.75.